The Balaban J connectivity index is 1.70. The molecule has 1 aliphatic heterocycles. The normalized spacial score (nSPS) is 20.5. The number of benzene rings is 1. The van der Waals surface area contributed by atoms with Crippen molar-refractivity contribution in [3.05, 3.63) is 35.9 Å². The van der Waals surface area contributed by atoms with E-state index in [4.69, 9.17) is 9.47 Å². The van der Waals surface area contributed by atoms with Crippen LogP contribution in [0.1, 0.15) is 24.8 Å². The largest absolute Gasteiger partial charge is 0.460 e. The van der Waals surface area contributed by atoms with Crippen molar-refractivity contribution in [2.75, 3.05) is 6.61 Å². The lowest BCUT2D eigenvalue weighted by atomic mass is 10.1. The second-order valence-electron chi connectivity index (χ2n) is 4.00. The Morgan fingerprint density at radius 2 is 2.12 bits per heavy atom. The first kappa shape index (κ1) is 11.1. The molecule has 0 saturated carbocycles. The lowest BCUT2D eigenvalue weighted by molar-refractivity contribution is -0.157. The number of hydrogen-bond acceptors (Lipinski definition) is 3. The molecule has 1 saturated heterocycles. The third-order valence-electron chi connectivity index (χ3n) is 2.62. The van der Waals surface area contributed by atoms with E-state index in [0.29, 0.717) is 19.6 Å². The zero-order valence-electron chi connectivity index (χ0n) is 9.22. The molecule has 1 fully saturated rings. The summed E-state index contributed by atoms with van der Waals surface area (Å²) in [5.74, 6) is -0.0976. The number of hydrogen-bond donors (Lipinski definition) is 0. The molecule has 1 aromatic rings. The van der Waals surface area contributed by atoms with Crippen LogP contribution in [0.4, 0.5) is 0 Å². The number of carbonyl (C=O) groups excluding carboxylic acids is 1. The van der Waals surface area contributed by atoms with Crippen LogP contribution in [0.15, 0.2) is 30.3 Å². The molecular weight excluding hydrogens is 204 g/mol. The van der Waals surface area contributed by atoms with Gasteiger partial charge in [-0.05, 0) is 18.4 Å². The van der Waals surface area contributed by atoms with Crippen LogP contribution in [0.2, 0.25) is 0 Å². The summed E-state index contributed by atoms with van der Waals surface area (Å²) in [4.78, 5) is 11.0. The lowest BCUT2D eigenvalue weighted by Crippen LogP contribution is -2.27. The first-order chi connectivity index (χ1) is 7.84. The van der Waals surface area contributed by atoms with Crippen LogP contribution in [-0.2, 0) is 20.9 Å². The molecular formula is C13H16O3. The average Bonchev–Trinajstić information content (AvgIpc) is 2.30. The molecule has 1 aromatic carbocycles. The summed E-state index contributed by atoms with van der Waals surface area (Å²) in [6.07, 6.45) is 2.33. The minimum atomic E-state index is -0.0976. The van der Waals surface area contributed by atoms with Crippen molar-refractivity contribution in [3.63, 3.8) is 0 Å². The van der Waals surface area contributed by atoms with Gasteiger partial charge in [0.2, 0.25) is 0 Å². The maximum absolute atomic E-state index is 11.0. The number of carbonyl (C=O) groups is 1. The third kappa shape index (κ3) is 3.35. The Labute approximate surface area is 95.4 Å². The fraction of sp³-hybridized carbons (Fsp3) is 0.462. The molecule has 3 heteroatoms. The van der Waals surface area contributed by atoms with E-state index in [2.05, 4.69) is 0 Å². The summed E-state index contributed by atoms with van der Waals surface area (Å²) < 4.78 is 10.7. The van der Waals surface area contributed by atoms with E-state index < -0.39 is 0 Å². The first-order valence-corrected chi connectivity index (χ1v) is 5.66. The molecule has 0 N–H and O–H groups in total. The molecule has 0 bridgehead atoms. The van der Waals surface area contributed by atoms with Gasteiger partial charge in [-0.3, -0.25) is 4.79 Å². The molecule has 1 heterocycles. The number of esters is 1. The average molecular weight is 220 g/mol. The fourth-order valence-electron chi connectivity index (χ4n) is 1.78. The molecule has 1 atom stereocenters. The Morgan fingerprint density at radius 1 is 1.31 bits per heavy atom. The molecule has 86 valence electrons. The zero-order valence-corrected chi connectivity index (χ0v) is 9.22. The van der Waals surface area contributed by atoms with Crippen LogP contribution < -0.4 is 0 Å². The SMILES string of the molecule is O=C1CCC[C@@H](COCc2ccccc2)O1. The van der Waals surface area contributed by atoms with Crippen molar-refractivity contribution in [2.45, 2.75) is 32.0 Å². The van der Waals surface area contributed by atoms with Gasteiger partial charge in [-0.25, -0.2) is 0 Å². The Morgan fingerprint density at radius 3 is 2.88 bits per heavy atom. The maximum Gasteiger partial charge on any atom is 0.306 e. The minimum Gasteiger partial charge on any atom is -0.460 e. The smallest absolute Gasteiger partial charge is 0.306 e. The van der Waals surface area contributed by atoms with Crippen LogP contribution in [-0.4, -0.2) is 18.7 Å². The van der Waals surface area contributed by atoms with Crippen molar-refractivity contribution in [1.29, 1.82) is 0 Å². The summed E-state index contributed by atoms with van der Waals surface area (Å²) in [6.45, 7) is 1.08. The predicted molar refractivity (Wildman–Crippen MR) is 59.8 cm³/mol. The highest BCUT2D eigenvalue weighted by Crippen LogP contribution is 2.14. The fourth-order valence-corrected chi connectivity index (χ4v) is 1.78. The Bertz CT molecular complexity index is 334. The van der Waals surface area contributed by atoms with Crippen LogP contribution in [0.5, 0.6) is 0 Å². The van der Waals surface area contributed by atoms with Gasteiger partial charge in [0, 0.05) is 6.42 Å². The summed E-state index contributed by atoms with van der Waals surface area (Å²) in [5, 5.41) is 0. The van der Waals surface area contributed by atoms with E-state index in [0.717, 1.165) is 18.4 Å². The van der Waals surface area contributed by atoms with Crippen molar-refractivity contribution in [3.8, 4) is 0 Å². The van der Waals surface area contributed by atoms with Crippen molar-refractivity contribution in [1.82, 2.24) is 0 Å². The van der Waals surface area contributed by atoms with Crippen LogP contribution in [0.3, 0.4) is 0 Å². The topological polar surface area (TPSA) is 35.5 Å². The molecule has 0 aliphatic carbocycles. The molecule has 16 heavy (non-hydrogen) atoms. The summed E-state index contributed by atoms with van der Waals surface area (Å²) in [7, 11) is 0. The second kappa shape index (κ2) is 5.66. The van der Waals surface area contributed by atoms with Gasteiger partial charge in [-0.15, -0.1) is 0 Å². The molecule has 0 radical (unpaired) electrons. The summed E-state index contributed by atoms with van der Waals surface area (Å²) in [5.41, 5.74) is 1.14. The van der Waals surface area contributed by atoms with E-state index in [9.17, 15) is 4.79 Å². The summed E-state index contributed by atoms with van der Waals surface area (Å²) >= 11 is 0. The monoisotopic (exact) mass is 220 g/mol. The highest BCUT2D eigenvalue weighted by molar-refractivity contribution is 5.70. The molecule has 0 aromatic heterocycles. The van der Waals surface area contributed by atoms with E-state index >= 15 is 0 Å². The number of cyclic esters (lactones) is 1. The van der Waals surface area contributed by atoms with E-state index in [1.54, 1.807) is 0 Å². The highest BCUT2D eigenvalue weighted by atomic mass is 16.6. The van der Waals surface area contributed by atoms with Crippen molar-refractivity contribution < 1.29 is 14.3 Å². The summed E-state index contributed by atoms with van der Waals surface area (Å²) in [6, 6.07) is 9.99. The van der Waals surface area contributed by atoms with Gasteiger partial charge in [0.1, 0.15) is 6.10 Å². The highest BCUT2D eigenvalue weighted by Gasteiger charge is 2.20. The van der Waals surface area contributed by atoms with Crippen LogP contribution >= 0.6 is 0 Å². The van der Waals surface area contributed by atoms with Gasteiger partial charge in [0.15, 0.2) is 0 Å². The first-order valence-electron chi connectivity index (χ1n) is 5.66. The number of rotatable bonds is 4. The van der Waals surface area contributed by atoms with E-state index in [1.165, 1.54) is 0 Å². The molecule has 0 amide bonds. The van der Waals surface area contributed by atoms with Crippen LogP contribution in [0.25, 0.3) is 0 Å². The second-order valence-corrected chi connectivity index (χ2v) is 4.00. The van der Waals surface area contributed by atoms with E-state index in [-0.39, 0.29) is 12.1 Å². The van der Waals surface area contributed by atoms with Crippen molar-refractivity contribution in [2.24, 2.45) is 0 Å². The molecule has 3 nitrogen and oxygen atoms in total. The third-order valence-corrected chi connectivity index (χ3v) is 2.62. The van der Waals surface area contributed by atoms with Gasteiger partial charge in [-0.2, -0.15) is 0 Å². The number of ether oxygens (including phenoxy) is 2. The Hall–Kier alpha value is -1.35. The van der Waals surface area contributed by atoms with Crippen LogP contribution in [0, 0.1) is 0 Å². The van der Waals surface area contributed by atoms with E-state index in [1.807, 2.05) is 30.3 Å². The molecule has 1 aliphatic rings. The van der Waals surface area contributed by atoms with Gasteiger partial charge in [-0.1, -0.05) is 30.3 Å². The van der Waals surface area contributed by atoms with Gasteiger partial charge >= 0.3 is 5.97 Å². The standard InChI is InChI=1S/C13H16O3/c14-13-8-4-7-12(16-13)10-15-9-11-5-2-1-3-6-11/h1-3,5-6,12H,4,7-10H2/t12-/m0/s1. The lowest BCUT2D eigenvalue weighted by Gasteiger charge is -2.21. The van der Waals surface area contributed by atoms with Crippen molar-refractivity contribution >= 4 is 5.97 Å². The molecule has 0 unspecified atom stereocenters. The predicted octanol–water partition coefficient (Wildman–Crippen LogP) is 2.30. The minimum absolute atomic E-state index is 0.0510. The molecule has 2 rings (SSSR count). The van der Waals surface area contributed by atoms with Gasteiger partial charge in [0.25, 0.3) is 0 Å². The Kier molecular flexibility index (Phi) is 3.94. The zero-order chi connectivity index (χ0) is 11.2. The quantitative estimate of drug-likeness (QED) is 0.730. The molecule has 0 spiro atoms. The maximum atomic E-state index is 11.0. The van der Waals surface area contributed by atoms with Gasteiger partial charge in [0.05, 0.1) is 13.2 Å². The van der Waals surface area contributed by atoms with Gasteiger partial charge < -0.3 is 9.47 Å².